The molecule has 1 heterocycles. The first-order chi connectivity index (χ1) is 15.1. The van der Waals surface area contributed by atoms with Crippen LogP contribution in [0.15, 0.2) is 60.7 Å². The van der Waals surface area contributed by atoms with E-state index in [1.807, 2.05) is 54.6 Å². The highest BCUT2D eigenvalue weighted by Crippen LogP contribution is 2.26. The first-order valence-electron chi connectivity index (χ1n) is 10.1. The minimum atomic E-state index is 0.400. The van der Waals surface area contributed by atoms with Gasteiger partial charge in [0.2, 0.25) is 0 Å². The van der Waals surface area contributed by atoms with E-state index in [4.69, 9.17) is 39.5 Å². The molecule has 0 fully saturated rings. The molecule has 0 unspecified atom stereocenters. The Morgan fingerprint density at radius 3 is 2.65 bits per heavy atom. The quantitative estimate of drug-likeness (QED) is 0.262. The Morgan fingerprint density at radius 2 is 1.81 bits per heavy atom. The fourth-order valence-electron chi connectivity index (χ4n) is 3.35. The van der Waals surface area contributed by atoms with E-state index in [1.54, 1.807) is 6.07 Å². The molecule has 0 saturated carbocycles. The molecule has 0 atom stereocenters. The lowest BCUT2D eigenvalue weighted by Gasteiger charge is -2.13. The molecule has 2 N–H and O–H groups in total. The molecule has 1 aromatic heterocycles. The van der Waals surface area contributed by atoms with Gasteiger partial charge in [-0.05, 0) is 61.0 Å². The van der Waals surface area contributed by atoms with Gasteiger partial charge in [0.05, 0.1) is 21.1 Å². The maximum atomic E-state index is 6.20. The minimum absolute atomic E-state index is 0.400. The predicted octanol–water partition coefficient (Wildman–Crippen LogP) is 6.82. The van der Waals surface area contributed by atoms with Crippen molar-refractivity contribution in [3.05, 3.63) is 92.7 Å². The molecular formula is C24H22Cl3N3O. The van der Waals surface area contributed by atoms with Crippen LogP contribution in [0.5, 0.6) is 5.75 Å². The SMILES string of the molecule is Clc1ccc(OCc2ccc(Cl)c(Cl)c2)c(CNCCCc2nc3ccccc3[nH]2)c1. The Morgan fingerprint density at radius 1 is 0.935 bits per heavy atom. The number of nitrogens with one attached hydrogen (secondary N) is 2. The Kier molecular flexibility index (Phi) is 7.36. The van der Waals surface area contributed by atoms with E-state index in [0.29, 0.717) is 28.2 Å². The van der Waals surface area contributed by atoms with Crippen LogP contribution < -0.4 is 10.1 Å². The average molecular weight is 475 g/mol. The molecule has 0 spiro atoms. The summed E-state index contributed by atoms with van der Waals surface area (Å²) in [6.07, 6.45) is 1.86. The predicted molar refractivity (Wildman–Crippen MR) is 128 cm³/mol. The fourth-order valence-corrected chi connectivity index (χ4v) is 3.86. The van der Waals surface area contributed by atoms with Gasteiger partial charge in [-0.15, -0.1) is 0 Å². The van der Waals surface area contributed by atoms with Crippen LogP contribution in [-0.2, 0) is 19.6 Å². The molecule has 4 aromatic rings. The van der Waals surface area contributed by atoms with Crippen molar-refractivity contribution >= 4 is 45.8 Å². The third-order valence-corrected chi connectivity index (χ3v) is 5.90. The second kappa shape index (κ2) is 10.4. The second-order valence-corrected chi connectivity index (χ2v) is 8.52. The van der Waals surface area contributed by atoms with Gasteiger partial charge in [0.15, 0.2) is 0 Å². The zero-order valence-electron chi connectivity index (χ0n) is 16.8. The van der Waals surface area contributed by atoms with E-state index >= 15 is 0 Å². The lowest BCUT2D eigenvalue weighted by Crippen LogP contribution is -2.16. The summed E-state index contributed by atoms with van der Waals surface area (Å²) >= 11 is 18.3. The van der Waals surface area contributed by atoms with Crippen LogP contribution in [0.25, 0.3) is 11.0 Å². The number of imidazole rings is 1. The molecule has 7 heteroatoms. The van der Waals surface area contributed by atoms with E-state index in [-0.39, 0.29) is 0 Å². The van der Waals surface area contributed by atoms with Gasteiger partial charge in [-0.2, -0.15) is 0 Å². The fraction of sp³-hybridized carbons (Fsp3) is 0.208. The number of nitrogens with zero attached hydrogens (tertiary/aromatic N) is 1. The summed E-state index contributed by atoms with van der Waals surface area (Å²) in [5.74, 6) is 1.80. The zero-order chi connectivity index (χ0) is 21.6. The number of benzene rings is 3. The van der Waals surface area contributed by atoms with Gasteiger partial charge in [-0.1, -0.05) is 53.0 Å². The largest absolute Gasteiger partial charge is 0.489 e. The molecule has 31 heavy (non-hydrogen) atoms. The van der Waals surface area contributed by atoms with Crippen molar-refractivity contribution in [1.82, 2.24) is 15.3 Å². The topological polar surface area (TPSA) is 49.9 Å². The van der Waals surface area contributed by atoms with Crippen LogP contribution in [0.4, 0.5) is 0 Å². The lowest BCUT2D eigenvalue weighted by molar-refractivity contribution is 0.302. The zero-order valence-corrected chi connectivity index (χ0v) is 19.1. The van der Waals surface area contributed by atoms with Crippen LogP contribution in [0.3, 0.4) is 0 Å². The third-order valence-electron chi connectivity index (χ3n) is 4.92. The van der Waals surface area contributed by atoms with Crippen LogP contribution in [-0.4, -0.2) is 16.5 Å². The van der Waals surface area contributed by atoms with Gasteiger partial charge < -0.3 is 15.0 Å². The van der Waals surface area contributed by atoms with Crippen molar-refractivity contribution in [2.24, 2.45) is 0 Å². The number of aromatic nitrogens is 2. The number of fused-ring (bicyclic) bond motifs is 1. The number of H-pyrrole nitrogens is 1. The van der Waals surface area contributed by atoms with Crippen LogP contribution in [0.2, 0.25) is 15.1 Å². The normalized spacial score (nSPS) is 11.2. The Labute approximate surface area is 196 Å². The van der Waals surface area contributed by atoms with Gasteiger partial charge in [0.1, 0.15) is 18.2 Å². The molecule has 4 rings (SSSR count). The van der Waals surface area contributed by atoms with Crippen molar-refractivity contribution in [3.63, 3.8) is 0 Å². The monoisotopic (exact) mass is 473 g/mol. The number of para-hydroxylation sites is 2. The highest BCUT2D eigenvalue weighted by molar-refractivity contribution is 6.42. The lowest BCUT2D eigenvalue weighted by atomic mass is 10.2. The maximum absolute atomic E-state index is 6.20. The summed E-state index contributed by atoms with van der Waals surface area (Å²) in [4.78, 5) is 7.99. The van der Waals surface area contributed by atoms with Crippen molar-refractivity contribution in [2.45, 2.75) is 26.0 Å². The molecule has 160 valence electrons. The summed E-state index contributed by atoms with van der Waals surface area (Å²) in [5.41, 5.74) is 4.05. The molecule has 0 aliphatic heterocycles. The summed E-state index contributed by atoms with van der Waals surface area (Å²) in [7, 11) is 0. The number of halogens is 3. The molecule has 0 saturated heterocycles. The summed E-state index contributed by atoms with van der Waals surface area (Å²) in [6, 6.07) is 19.2. The van der Waals surface area contributed by atoms with Gasteiger partial charge in [0.25, 0.3) is 0 Å². The Hall–Kier alpha value is -2.24. The van der Waals surface area contributed by atoms with Gasteiger partial charge in [-0.25, -0.2) is 4.98 Å². The number of aromatic amines is 1. The maximum Gasteiger partial charge on any atom is 0.124 e. The van der Waals surface area contributed by atoms with Crippen molar-refractivity contribution in [3.8, 4) is 5.75 Å². The van der Waals surface area contributed by atoms with E-state index in [9.17, 15) is 0 Å². The molecule has 3 aromatic carbocycles. The third kappa shape index (κ3) is 5.92. The first-order valence-corrected chi connectivity index (χ1v) is 11.2. The van der Waals surface area contributed by atoms with Crippen molar-refractivity contribution in [1.29, 1.82) is 0 Å². The first kappa shape index (κ1) is 22.0. The number of hydrogen-bond acceptors (Lipinski definition) is 3. The van der Waals surface area contributed by atoms with Gasteiger partial charge in [0, 0.05) is 23.6 Å². The van der Waals surface area contributed by atoms with E-state index in [0.717, 1.165) is 53.1 Å². The number of ether oxygens (including phenoxy) is 1. The van der Waals surface area contributed by atoms with Crippen LogP contribution in [0, 0.1) is 0 Å². The standard InChI is InChI=1S/C24H22Cl3N3O/c25-18-8-10-23(31-15-16-7-9-19(26)20(27)12-16)17(13-18)14-28-11-3-6-24-29-21-4-1-2-5-22(21)30-24/h1-2,4-5,7-10,12-13,28H,3,6,11,14-15H2,(H,29,30). The number of aryl methyl sites for hydroxylation is 1. The molecule has 0 radical (unpaired) electrons. The molecule has 0 aliphatic carbocycles. The summed E-state index contributed by atoms with van der Waals surface area (Å²) in [5, 5.41) is 5.20. The molecule has 0 bridgehead atoms. The van der Waals surface area contributed by atoms with E-state index in [1.165, 1.54) is 0 Å². The molecule has 4 nitrogen and oxygen atoms in total. The van der Waals surface area contributed by atoms with Crippen LogP contribution in [0.1, 0.15) is 23.4 Å². The minimum Gasteiger partial charge on any atom is -0.489 e. The Bertz CT molecular complexity index is 1140. The number of rotatable bonds is 9. The second-order valence-electron chi connectivity index (χ2n) is 7.27. The van der Waals surface area contributed by atoms with Crippen molar-refractivity contribution < 1.29 is 4.74 Å². The molecule has 0 aliphatic rings. The summed E-state index contributed by atoms with van der Waals surface area (Å²) in [6.45, 7) is 1.92. The van der Waals surface area contributed by atoms with E-state index < -0.39 is 0 Å². The van der Waals surface area contributed by atoms with Gasteiger partial charge >= 0.3 is 0 Å². The highest BCUT2D eigenvalue weighted by atomic mass is 35.5. The highest BCUT2D eigenvalue weighted by Gasteiger charge is 2.07. The number of hydrogen-bond donors (Lipinski definition) is 2. The average Bonchev–Trinajstić information content (AvgIpc) is 3.18. The molecular weight excluding hydrogens is 453 g/mol. The van der Waals surface area contributed by atoms with Crippen molar-refractivity contribution in [2.75, 3.05) is 6.54 Å². The smallest absolute Gasteiger partial charge is 0.124 e. The Balaban J connectivity index is 1.29. The van der Waals surface area contributed by atoms with Crippen LogP contribution >= 0.6 is 34.8 Å². The van der Waals surface area contributed by atoms with Gasteiger partial charge in [-0.3, -0.25) is 0 Å². The molecule has 0 amide bonds. The summed E-state index contributed by atoms with van der Waals surface area (Å²) < 4.78 is 6.02. The van der Waals surface area contributed by atoms with E-state index in [2.05, 4.69) is 15.3 Å².